The van der Waals surface area contributed by atoms with Crippen LogP contribution >= 0.6 is 11.6 Å². The quantitative estimate of drug-likeness (QED) is 0.330. The number of rotatable bonds is 6. The van der Waals surface area contributed by atoms with Gasteiger partial charge in [0.15, 0.2) is 0 Å². The molecule has 0 radical (unpaired) electrons. The molecule has 9 heteroatoms. The molecule has 0 bridgehead atoms. The molecular weight excluding hydrogens is 500 g/mol. The molecule has 0 spiro atoms. The predicted molar refractivity (Wildman–Crippen MR) is 147 cm³/mol. The Kier molecular flexibility index (Phi) is 7.77. The maximum Gasteiger partial charge on any atom is 0.410 e. The smallest absolute Gasteiger partial charge is 0.410 e. The van der Waals surface area contributed by atoms with E-state index in [4.69, 9.17) is 22.9 Å². The topological polar surface area (TPSA) is 66.2 Å². The van der Waals surface area contributed by atoms with Crippen LogP contribution < -0.4 is 4.90 Å². The first-order chi connectivity index (χ1) is 18.4. The van der Waals surface area contributed by atoms with E-state index in [2.05, 4.69) is 56.7 Å². The molecule has 3 aromatic rings. The zero-order valence-corrected chi connectivity index (χ0v) is 22.5. The molecule has 196 valence electrons. The molecule has 8 nitrogen and oxygen atoms in total. The lowest BCUT2D eigenvalue weighted by Crippen LogP contribution is -2.56. The van der Waals surface area contributed by atoms with Crippen LogP contribution in [-0.4, -0.2) is 58.1 Å². The lowest BCUT2D eigenvalue weighted by molar-refractivity contribution is 0.0788. The number of anilines is 1. The molecule has 0 unspecified atom stereocenters. The first-order valence-electron chi connectivity index (χ1n) is 12.8. The summed E-state index contributed by atoms with van der Waals surface area (Å²) >= 11 is 6.38. The third-order valence-corrected chi connectivity index (χ3v) is 7.60. The molecule has 1 fully saturated rings. The molecule has 2 aliphatic heterocycles. The van der Waals surface area contributed by atoms with Gasteiger partial charge in [0.05, 0.1) is 5.69 Å². The molecule has 2 aromatic carbocycles. The largest absolute Gasteiger partial charge is 0.445 e. The molecule has 1 amide bonds. The van der Waals surface area contributed by atoms with Crippen LogP contribution in [0.1, 0.15) is 33.5 Å². The highest BCUT2D eigenvalue weighted by Gasteiger charge is 2.36. The van der Waals surface area contributed by atoms with Gasteiger partial charge >= 0.3 is 6.09 Å². The highest BCUT2D eigenvalue weighted by Crippen LogP contribution is 2.33. The van der Waals surface area contributed by atoms with Gasteiger partial charge in [0.25, 0.3) is 0 Å². The fourth-order valence-corrected chi connectivity index (χ4v) is 5.40. The maximum atomic E-state index is 12.9. The predicted octanol–water partition coefficient (Wildman–Crippen LogP) is 5.01. The standard InChI is InChI=1S/C29H31ClN6O2/c1-20-8-7-11-23(21(20)2)15-34-17-25-26(18-34)32-28(30)33-27(25)35-12-13-36(24(16-35)14-31-3)29(37)38-19-22-9-5-4-6-10-22/h4-11,24H,12-19H2,1-2H3/t24-/m0/s1. The minimum atomic E-state index is -0.396. The molecule has 3 heterocycles. The molecule has 38 heavy (non-hydrogen) atoms. The lowest BCUT2D eigenvalue weighted by Gasteiger charge is -2.39. The van der Waals surface area contributed by atoms with Crippen molar-refractivity contribution in [1.29, 1.82) is 0 Å². The Hall–Kier alpha value is -3.67. The number of carbonyl (C=O) groups excluding carboxylic acids is 1. The zero-order valence-electron chi connectivity index (χ0n) is 21.7. The third-order valence-electron chi connectivity index (χ3n) is 7.43. The molecule has 2 aliphatic rings. The Morgan fingerprint density at radius 2 is 1.92 bits per heavy atom. The van der Waals surface area contributed by atoms with Crippen molar-refractivity contribution < 1.29 is 9.53 Å². The van der Waals surface area contributed by atoms with Crippen molar-refractivity contribution in [3.05, 3.63) is 98.7 Å². The summed E-state index contributed by atoms with van der Waals surface area (Å²) in [6, 6.07) is 15.7. The SMILES string of the molecule is [C-]#[N+]C[C@H]1CN(c2nc(Cl)nc3c2CN(Cc2cccc(C)c2C)C3)CCN1C(=O)OCc1ccccc1. The minimum Gasteiger partial charge on any atom is -0.445 e. The van der Waals surface area contributed by atoms with Crippen LogP contribution in [-0.2, 0) is 31.0 Å². The van der Waals surface area contributed by atoms with Crippen LogP contribution in [0.5, 0.6) is 0 Å². The third kappa shape index (κ3) is 5.59. The lowest BCUT2D eigenvalue weighted by atomic mass is 10.0. The summed E-state index contributed by atoms with van der Waals surface area (Å²) in [6.45, 7) is 15.9. The number of benzene rings is 2. The molecular formula is C29H31ClN6O2. The second-order valence-electron chi connectivity index (χ2n) is 9.92. The normalized spacial score (nSPS) is 17.3. The first-order valence-corrected chi connectivity index (χ1v) is 13.2. The van der Waals surface area contributed by atoms with E-state index in [0.717, 1.165) is 35.7 Å². The second-order valence-corrected chi connectivity index (χ2v) is 10.3. The van der Waals surface area contributed by atoms with Crippen LogP contribution in [0.15, 0.2) is 48.5 Å². The molecule has 0 aliphatic carbocycles. The van der Waals surface area contributed by atoms with Crippen LogP contribution in [0.25, 0.3) is 4.85 Å². The van der Waals surface area contributed by atoms with Crippen molar-refractivity contribution in [2.45, 2.75) is 46.1 Å². The molecule has 1 aromatic heterocycles. The number of ether oxygens (including phenoxy) is 1. The van der Waals surface area contributed by atoms with Gasteiger partial charge in [-0.15, -0.1) is 0 Å². The van der Waals surface area contributed by atoms with Crippen molar-refractivity contribution >= 4 is 23.5 Å². The van der Waals surface area contributed by atoms with E-state index in [1.54, 1.807) is 4.90 Å². The Morgan fingerprint density at radius 3 is 2.71 bits per heavy atom. The van der Waals surface area contributed by atoms with Gasteiger partial charge in [0.1, 0.15) is 18.5 Å². The number of amides is 1. The number of carbonyl (C=O) groups is 1. The number of piperazine rings is 1. The maximum absolute atomic E-state index is 12.9. The monoisotopic (exact) mass is 530 g/mol. The fraction of sp³-hybridized carbons (Fsp3) is 0.379. The summed E-state index contributed by atoms with van der Waals surface area (Å²) in [6.07, 6.45) is -0.396. The first kappa shape index (κ1) is 26.0. The second kappa shape index (κ2) is 11.4. The number of aromatic nitrogens is 2. The number of hydrogen-bond donors (Lipinski definition) is 0. The highest BCUT2D eigenvalue weighted by atomic mass is 35.5. The number of fused-ring (bicyclic) bond motifs is 1. The molecule has 1 saturated heterocycles. The summed E-state index contributed by atoms with van der Waals surface area (Å²) in [7, 11) is 0. The zero-order chi connectivity index (χ0) is 26.6. The van der Waals surface area contributed by atoms with E-state index < -0.39 is 6.09 Å². The number of hydrogen-bond acceptors (Lipinski definition) is 6. The number of nitrogens with zero attached hydrogens (tertiary/aromatic N) is 6. The summed E-state index contributed by atoms with van der Waals surface area (Å²) in [5.74, 6) is 0.802. The average Bonchev–Trinajstić information content (AvgIpc) is 3.32. The molecule has 5 rings (SSSR count). The molecule has 0 saturated carbocycles. The molecule has 0 N–H and O–H groups in total. The van der Waals surface area contributed by atoms with Gasteiger partial charge in [-0.1, -0.05) is 48.5 Å². The van der Waals surface area contributed by atoms with Crippen molar-refractivity contribution in [3.63, 3.8) is 0 Å². The van der Waals surface area contributed by atoms with E-state index in [1.807, 2.05) is 30.3 Å². The number of halogens is 1. The summed E-state index contributed by atoms with van der Waals surface area (Å²) in [5, 5.41) is 0.221. The Morgan fingerprint density at radius 1 is 1.11 bits per heavy atom. The van der Waals surface area contributed by atoms with Crippen LogP contribution in [0, 0.1) is 20.4 Å². The van der Waals surface area contributed by atoms with E-state index >= 15 is 0 Å². The Labute approximate surface area is 228 Å². The van der Waals surface area contributed by atoms with Crippen molar-refractivity contribution in [2.75, 3.05) is 31.1 Å². The van der Waals surface area contributed by atoms with Crippen molar-refractivity contribution in [2.24, 2.45) is 0 Å². The van der Waals surface area contributed by atoms with Gasteiger partial charge in [0, 0.05) is 44.8 Å². The van der Waals surface area contributed by atoms with Crippen molar-refractivity contribution in [1.82, 2.24) is 19.8 Å². The van der Waals surface area contributed by atoms with Crippen LogP contribution in [0.4, 0.5) is 10.6 Å². The van der Waals surface area contributed by atoms with Gasteiger partial charge in [-0.2, -0.15) is 0 Å². The highest BCUT2D eigenvalue weighted by molar-refractivity contribution is 6.28. The van der Waals surface area contributed by atoms with Crippen molar-refractivity contribution in [3.8, 4) is 0 Å². The van der Waals surface area contributed by atoms with Crippen LogP contribution in [0.3, 0.4) is 0 Å². The Bertz CT molecular complexity index is 1360. The Balaban J connectivity index is 1.30. The van der Waals surface area contributed by atoms with Gasteiger partial charge in [-0.25, -0.2) is 21.3 Å². The van der Waals surface area contributed by atoms with Crippen LogP contribution in [0.2, 0.25) is 5.28 Å². The summed E-state index contributed by atoms with van der Waals surface area (Å²) in [5.41, 5.74) is 6.84. The van der Waals surface area contributed by atoms with E-state index in [9.17, 15) is 4.79 Å². The van der Waals surface area contributed by atoms with Gasteiger partial charge in [-0.05, 0) is 47.7 Å². The van der Waals surface area contributed by atoms with Gasteiger partial charge in [0.2, 0.25) is 11.8 Å². The molecule has 1 atom stereocenters. The minimum absolute atomic E-state index is 0.191. The van der Waals surface area contributed by atoms with Gasteiger partial charge in [-0.3, -0.25) is 9.80 Å². The van der Waals surface area contributed by atoms with Gasteiger partial charge < -0.3 is 14.5 Å². The average molecular weight is 531 g/mol. The summed E-state index contributed by atoms with van der Waals surface area (Å²) in [4.78, 5) is 31.9. The van der Waals surface area contributed by atoms with E-state index in [0.29, 0.717) is 26.2 Å². The fourth-order valence-electron chi connectivity index (χ4n) is 5.22. The van der Waals surface area contributed by atoms with E-state index in [-0.39, 0.29) is 24.5 Å². The number of aryl methyl sites for hydroxylation is 1. The van der Waals surface area contributed by atoms with E-state index in [1.165, 1.54) is 16.7 Å². The summed E-state index contributed by atoms with van der Waals surface area (Å²) < 4.78 is 5.58.